The number of aliphatic carboxylic acids is 1. The highest BCUT2D eigenvalue weighted by Crippen LogP contribution is 2.19. The zero-order chi connectivity index (χ0) is 13.8. The molecule has 1 amide bonds. The monoisotopic (exact) mass is 277 g/mol. The van der Waals surface area contributed by atoms with Crippen LogP contribution in [-0.4, -0.2) is 42.4 Å². The second kappa shape index (κ2) is 6.17. The van der Waals surface area contributed by atoms with Crippen molar-refractivity contribution in [3.63, 3.8) is 0 Å². The van der Waals surface area contributed by atoms with Crippen LogP contribution in [0.1, 0.15) is 39.0 Å². The van der Waals surface area contributed by atoms with Crippen molar-refractivity contribution in [2.24, 2.45) is 0 Å². The van der Waals surface area contributed by atoms with Gasteiger partial charge in [0.15, 0.2) is 9.84 Å². The maximum absolute atomic E-state index is 11.8. The van der Waals surface area contributed by atoms with Crippen LogP contribution >= 0.6 is 0 Å². The van der Waals surface area contributed by atoms with Crippen molar-refractivity contribution in [1.82, 2.24) is 5.32 Å². The number of sulfone groups is 1. The van der Waals surface area contributed by atoms with Crippen molar-refractivity contribution < 1.29 is 23.1 Å². The van der Waals surface area contributed by atoms with Crippen LogP contribution in [0.3, 0.4) is 0 Å². The average Bonchev–Trinajstić information content (AvgIpc) is 2.25. The van der Waals surface area contributed by atoms with E-state index in [9.17, 15) is 18.0 Å². The van der Waals surface area contributed by atoms with Gasteiger partial charge in [0, 0.05) is 12.5 Å². The number of carbonyl (C=O) groups is 2. The molecule has 7 heteroatoms. The molecular formula is C11H19NO5S. The van der Waals surface area contributed by atoms with Gasteiger partial charge in [-0.05, 0) is 26.2 Å². The van der Waals surface area contributed by atoms with Crippen LogP contribution in [0.15, 0.2) is 0 Å². The van der Waals surface area contributed by atoms with E-state index in [0.717, 1.165) is 6.42 Å². The van der Waals surface area contributed by atoms with Gasteiger partial charge in [-0.15, -0.1) is 0 Å². The zero-order valence-corrected chi connectivity index (χ0v) is 11.2. The number of rotatable bonds is 5. The van der Waals surface area contributed by atoms with E-state index in [1.807, 2.05) is 0 Å². The lowest BCUT2D eigenvalue weighted by atomic mass is 10.1. The second-order valence-corrected chi connectivity index (χ2v) is 7.00. The van der Waals surface area contributed by atoms with E-state index in [2.05, 4.69) is 5.32 Å². The summed E-state index contributed by atoms with van der Waals surface area (Å²) in [5, 5.41) is 10.1. The van der Waals surface area contributed by atoms with Crippen LogP contribution in [0.5, 0.6) is 0 Å². The van der Waals surface area contributed by atoms with Crippen molar-refractivity contribution in [3.05, 3.63) is 0 Å². The molecular weight excluding hydrogens is 258 g/mol. The zero-order valence-electron chi connectivity index (χ0n) is 10.4. The molecule has 1 heterocycles. The molecule has 0 spiro atoms. The third-order valence-corrected chi connectivity index (χ3v) is 5.23. The minimum atomic E-state index is -3.33. The molecule has 6 nitrogen and oxygen atoms in total. The Hall–Kier alpha value is -1.11. The van der Waals surface area contributed by atoms with Gasteiger partial charge in [-0.2, -0.15) is 0 Å². The average molecular weight is 277 g/mol. The molecule has 1 saturated heterocycles. The van der Waals surface area contributed by atoms with E-state index in [1.54, 1.807) is 6.92 Å². The van der Waals surface area contributed by atoms with Gasteiger partial charge in [-0.1, -0.05) is 6.42 Å². The summed E-state index contributed by atoms with van der Waals surface area (Å²) in [5.74, 6) is -1.36. The van der Waals surface area contributed by atoms with Gasteiger partial charge >= 0.3 is 5.97 Å². The van der Waals surface area contributed by atoms with E-state index in [1.165, 1.54) is 0 Å². The minimum absolute atomic E-state index is 0.0428. The molecule has 0 aromatic heterocycles. The maximum Gasteiger partial charge on any atom is 0.303 e. The minimum Gasteiger partial charge on any atom is -0.481 e. The third kappa shape index (κ3) is 4.29. The summed E-state index contributed by atoms with van der Waals surface area (Å²) < 4.78 is 23.4. The highest BCUT2D eigenvalue weighted by molar-refractivity contribution is 7.92. The first-order chi connectivity index (χ1) is 8.33. The van der Waals surface area contributed by atoms with Crippen LogP contribution in [0.2, 0.25) is 0 Å². The summed E-state index contributed by atoms with van der Waals surface area (Å²) in [4.78, 5) is 22.2. The molecule has 2 unspecified atom stereocenters. The molecule has 0 saturated carbocycles. The Morgan fingerprint density at radius 3 is 2.61 bits per heavy atom. The number of amides is 1. The van der Waals surface area contributed by atoms with Crippen LogP contribution in [0, 0.1) is 0 Å². The Kier molecular flexibility index (Phi) is 5.13. The standard InChI is InChI=1S/C11H19NO5S/c1-8(5-6-10(13)14)12-11(15)9-4-2-3-7-18(9,16)17/h8-9H,2-7H2,1H3,(H,12,15)(H,13,14). The lowest BCUT2D eigenvalue weighted by Crippen LogP contribution is -2.45. The number of carbonyl (C=O) groups excluding carboxylic acids is 1. The third-order valence-electron chi connectivity index (χ3n) is 3.05. The maximum atomic E-state index is 11.8. The summed E-state index contributed by atoms with van der Waals surface area (Å²) in [6.45, 7) is 1.68. The Morgan fingerprint density at radius 1 is 1.39 bits per heavy atom. The Balaban J connectivity index is 2.51. The van der Waals surface area contributed by atoms with E-state index < -0.39 is 27.0 Å². The number of carboxylic acid groups (broad SMARTS) is 1. The molecule has 1 aliphatic heterocycles. The first kappa shape index (κ1) is 14.9. The summed E-state index contributed by atoms with van der Waals surface area (Å²) in [6.07, 6.45) is 1.97. The largest absolute Gasteiger partial charge is 0.481 e. The van der Waals surface area contributed by atoms with E-state index in [4.69, 9.17) is 5.11 Å². The van der Waals surface area contributed by atoms with E-state index in [0.29, 0.717) is 19.3 Å². The molecule has 2 N–H and O–H groups in total. The van der Waals surface area contributed by atoms with Crippen LogP contribution in [-0.2, 0) is 19.4 Å². The molecule has 1 rings (SSSR count). The van der Waals surface area contributed by atoms with Crippen molar-refractivity contribution in [2.45, 2.75) is 50.3 Å². The van der Waals surface area contributed by atoms with Crippen LogP contribution in [0.25, 0.3) is 0 Å². The predicted molar refractivity (Wildman–Crippen MR) is 65.9 cm³/mol. The quantitative estimate of drug-likeness (QED) is 0.754. The Morgan fingerprint density at radius 2 is 2.06 bits per heavy atom. The molecule has 0 aliphatic carbocycles. The lowest BCUT2D eigenvalue weighted by Gasteiger charge is -2.23. The van der Waals surface area contributed by atoms with Crippen molar-refractivity contribution >= 4 is 21.7 Å². The Labute approximate surface area is 107 Å². The summed E-state index contributed by atoms with van der Waals surface area (Å²) >= 11 is 0. The number of hydrogen-bond donors (Lipinski definition) is 2. The topological polar surface area (TPSA) is 101 Å². The highest BCUT2D eigenvalue weighted by atomic mass is 32.2. The summed E-state index contributed by atoms with van der Waals surface area (Å²) in [7, 11) is -3.33. The molecule has 0 bridgehead atoms. The van der Waals surface area contributed by atoms with E-state index in [-0.39, 0.29) is 18.2 Å². The molecule has 104 valence electrons. The van der Waals surface area contributed by atoms with Gasteiger partial charge < -0.3 is 10.4 Å². The normalized spacial score (nSPS) is 24.2. The highest BCUT2D eigenvalue weighted by Gasteiger charge is 2.35. The summed E-state index contributed by atoms with van der Waals surface area (Å²) in [5.41, 5.74) is 0. The second-order valence-electron chi connectivity index (χ2n) is 4.69. The van der Waals surface area contributed by atoms with Crippen LogP contribution in [0.4, 0.5) is 0 Å². The van der Waals surface area contributed by atoms with Gasteiger partial charge in [0.1, 0.15) is 5.25 Å². The predicted octanol–water partition coefficient (Wildman–Crippen LogP) is 0.323. The van der Waals surface area contributed by atoms with Gasteiger partial charge in [0.25, 0.3) is 0 Å². The molecule has 1 aliphatic rings. The molecule has 0 aromatic carbocycles. The number of hydrogen-bond acceptors (Lipinski definition) is 4. The summed E-state index contributed by atoms with van der Waals surface area (Å²) in [6, 6.07) is -0.328. The number of carboxylic acids is 1. The van der Waals surface area contributed by atoms with Gasteiger partial charge in [-0.25, -0.2) is 8.42 Å². The SMILES string of the molecule is CC(CCC(=O)O)NC(=O)C1CCCCS1(=O)=O. The van der Waals surface area contributed by atoms with Gasteiger partial charge in [-0.3, -0.25) is 9.59 Å². The van der Waals surface area contributed by atoms with Gasteiger partial charge in [0.2, 0.25) is 5.91 Å². The number of nitrogens with one attached hydrogen (secondary N) is 1. The molecule has 0 radical (unpaired) electrons. The fraction of sp³-hybridized carbons (Fsp3) is 0.818. The van der Waals surface area contributed by atoms with Crippen molar-refractivity contribution in [3.8, 4) is 0 Å². The molecule has 0 aromatic rings. The van der Waals surface area contributed by atoms with Crippen LogP contribution < -0.4 is 5.32 Å². The fourth-order valence-electron chi connectivity index (χ4n) is 2.00. The first-order valence-corrected chi connectivity index (χ1v) is 7.78. The Bertz CT molecular complexity index is 417. The fourth-order valence-corrected chi connectivity index (χ4v) is 3.81. The lowest BCUT2D eigenvalue weighted by molar-refractivity contribution is -0.137. The van der Waals surface area contributed by atoms with Crippen molar-refractivity contribution in [1.29, 1.82) is 0 Å². The van der Waals surface area contributed by atoms with E-state index >= 15 is 0 Å². The molecule has 1 fully saturated rings. The van der Waals surface area contributed by atoms with Gasteiger partial charge in [0.05, 0.1) is 5.75 Å². The smallest absolute Gasteiger partial charge is 0.303 e. The molecule has 18 heavy (non-hydrogen) atoms. The molecule has 2 atom stereocenters. The van der Waals surface area contributed by atoms with Crippen molar-refractivity contribution in [2.75, 3.05) is 5.75 Å². The first-order valence-electron chi connectivity index (χ1n) is 6.06.